The fourth-order valence-electron chi connectivity index (χ4n) is 4.16. The van der Waals surface area contributed by atoms with Gasteiger partial charge in [0.05, 0.1) is 17.9 Å². The van der Waals surface area contributed by atoms with E-state index in [1.54, 1.807) is 28.9 Å². The van der Waals surface area contributed by atoms with Crippen LogP contribution in [0.1, 0.15) is 28.5 Å². The normalized spacial score (nSPS) is 13.8. The summed E-state index contributed by atoms with van der Waals surface area (Å²) in [6.07, 6.45) is -0.343. The fraction of sp³-hybridized carbons (Fsp3) is 0.308. The van der Waals surface area contributed by atoms with Gasteiger partial charge in [-0.3, -0.25) is 4.79 Å². The van der Waals surface area contributed by atoms with Crippen LogP contribution in [-0.2, 0) is 4.74 Å². The molecule has 2 amide bonds. The lowest BCUT2D eigenvalue weighted by molar-refractivity contribution is 0.0570. The van der Waals surface area contributed by atoms with E-state index in [4.69, 9.17) is 4.74 Å². The van der Waals surface area contributed by atoms with Crippen molar-refractivity contribution in [1.82, 2.24) is 14.4 Å². The quantitative estimate of drug-likeness (QED) is 0.574. The summed E-state index contributed by atoms with van der Waals surface area (Å²) < 4.78 is 20.7. The van der Waals surface area contributed by atoms with Crippen LogP contribution in [0.25, 0.3) is 16.9 Å². The van der Waals surface area contributed by atoms with E-state index in [1.807, 2.05) is 48.7 Å². The molecule has 1 aliphatic heterocycles. The monoisotopic (exact) mass is 449 g/mol. The number of aryl methyl sites for hydroxylation is 1. The highest BCUT2D eigenvalue weighted by Gasteiger charge is 2.28. The highest BCUT2D eigenvalue weighted by atomic mass is 19.1. The Kier molecular flexibility index (Phi) is 6.49. The third-order valence-corrected chi connectivity index (χ3v) is 6.00. The van der Waals surface area contributed by atoms with Gasteiger partial charge in [-0.15, -0.1) is 0 Å². The molecular formula is C26H28FN3O3. The van der Waals surface area contributed by atoms with Crippen LogP contribution in [0.4, 0.5) is 9.18 Å². The van der Waals surface area contributed by atoms with Gasteiger partial charge in [0.2, 0.25) is 0 Å². The predicted molar refractivity (Wildman–Crippen MR) is 125 cm³/mol. The van der Waals surface area contributed by atoms with Crippen molar-refractivity contribution in [2.75, 3.05) is 32.8 Å². The lowest BCUT2D eigenvalue weighted by Crippen LogP contribution is -2.50. The Morgan fingerprint density at radius 1 is 0.909 bits per heavy atom. The number of hydrogen-bond donors (Lipinski definition) is 0. The molecule has 7 heteroatoms. The molecule has 0 N–H and O–H groups in total. The molecule has 0 bridgehead atoms. The molecule has 6 nitrogen and oxygen atoms in total. The number of amides is 2. The zero-order chi connectivity index (χ0) is 23.5. The molecule has 0 aliphatic carbocycles. The van der Waals surface area contributed by atoms with Gasteiger partial charge in [-0.2, -0.15) is 0 Å². The molecule has 33 heavy (non-hydrogen) atoms. The summed E-state index contributed by atoms with van der Waals surface area (Å²) in [4.78, 5) is 28.9. The molecule has 1 aliphatic rings. The topological polar surface area (TPSA) is 54.8 Å². The van der Waals surface area contributed by atoms with Crippen molar-refractivity contribution in [2.45, 2.75) is 20.8 Å². The van der Waals surface area contributed by atoms with Crippen LogP contribution in [0.5, 0.6) is 0 Å². The number of piperazine rings is 1. The second kappa shape index (κ2) is 9.48. The molecule has 0 atom stereocenters. The number of nitrogens with zero attached hydrogens (tertiary/aromatic N) is 3. The highest BCUT2D eigenvalue weighted by molar-refractivity contribution is 5.97. The van der Waals surface area contributed by atoms with E-state index in [1.165, 1.54) is 12.1 Å². The molecule has 1 fully saturated rings. The first-order valence-electron chi connectivity index (χ1n) is 11.2. The van der Waals surface area contributed by atoms with E-state index < -0.39 is 0 Å². The highest BCUT2D eigenvalue weighted by Crippen LogP contribution is 2.31. The first-order valence-corrected chi connectivity index (χ1v) is 11.2. The number of benzene rings is 2. The number of aromatic nitrogens is 1. The number of carbonyl (C=O) groups is 2. The number of ether oxygens (including phenoxy) is 1. The maximum absolute atomic E-state index is 13.6. The van der Waals surface area contributed by atoms with Crippen molar-refractivity contribution in [2.24, 2.45) is 0 Å². The van der Waals surface area contributed by atoms with E-state index >= 15 is 0 Å². The average Bonchev–Trinajstić information content (AvgIpc) is 3.17. The predicted octanol–water partition coefficient (Wildman–Crippen LogP) is 4.81. The second-order valence-electron chi connectivity index (χ2n) is 8.18. The van der Waals surface area contributed by atoms with Crippen LogP contribution in [0.15, 0.2) is 54.6 Å². The van der Waals surface area contributed by atoms with Gasteiger partial charge in [-0.1, -0.05) is 17.7 Å². The average molecular weight is 450 g/mol. The molecule has 2 aromatic carbocycles. The standard InChI is InChI=1S/C26H28FN3O3/c1-4-33-26(32)29-15-13-28(14-16-29)25(31)23-17-24(20-7-9-21(27)10-8-20)30(19(23)3)22-11-5-18(2)6-12-22/h5-12,17H,4,13-16H2,1-3H3. The van der Waals surface area contributed by atoms with Crippen molar-refractivity contribution in [1.29, 1.82) is 0 Å². The molecule has 0 unspecified atom stereocenters. The number of halogens is 1. The van der Waals surface area contributed by atoms with Crippen LogP contribution in [0, 0.1) is 19.7 Å². The summed E-state index contributed by atoms with van der Waals surface area (Å²) in [5.41, 5.74) is 5.14. The Morgan fingerprint density at radius 3 is 2.12 bits per heavy atom. The fourth-order valence-corrected chi connectivity index (χ4v) is 4.16. The summed E-state index contributed by atoms with van der Waals surface area (Å²) in [7, 11) is 0. The molecule has 0 saturated carbocycles. The summed E-state index contributed by atoms with van der Waals surface area (Å²) in [6, 6.07) is 16.3. The summed E-state index contributed by atoms with van der Waals surface area (Å²) in [5.74, 6) is -0.384. The third kappa shape index (κ3) is 4.62. The molecule has 172 valence electrons. The molecule has 4 rings (SSSR count). The van der Waals surface area contributed by atoms with E-state index in [0.29, 0.717) is 38.3 Å². The summed E-state index contributed by atoms with van der Waals surface area (Å²) >= 11 is 0. The second-order valence-corrected chi connectivity index (χ2v) is 8.18. The Labute approximate surface area is 193 Å². The molecular weight excluding hydrogens is 421 g/mol. The Morgan fingerprint density at radius 2 is 1.52 bits per heavy atom. The minimum atomic E-state index is -0.343. The minimum Gasteiger partial charge on any atom is -0.450 e. The van der Waals surface area contributed by atoms with Gasteiger partial charge in [0.15, 0.2) is 0 Å². The zero-order valence-corrected chi connectivity index (χ0v) is 19.2. The Bertz CT molecular complexity index is 1140. The van der Waals surface area contributed by atoms with Crippen molar-refractivity contribution in [3.05, 3.63) is 77.2 Å². The molecule has 0 spiro atoms. The van der Waals surface area contributed by atoms with E-state index in [2.05, 4.69) is 0 Å². The van der Waals surface area contributed by atoms with Crippen LogP contribution in [0.3, 0.4) is 0 Å². The first-order chi connectivity index (χ1) is 15.9. The molecule has 0 radical (unpaired) electrons. The minimum absolute atomic E-state index is 0.0785. The van der Waals surface area contributed by atoms with Gasteiger partial charge in [0, 0.05) is 37.6 Å². The maximum Gasteiger partial charge on any atom is 0.409 e. The van der Waals surface area contributed by atoms with Crippen LogP contribution >= 0.6 is 0 Å². The van der Waals surface area contributed by atoms with Crippen LogP contribution in [-0.4, -0.2) is 59.2 Å². The summed E-state index contributed by atoms with van der Waals surface area (Å²) in [6.45, 7) is 7.82. The Balaban J connectivity index is 1.67. The zero-order valence-electron chi connectivity index (χ0n) is 19.2. The van der Waals surface area contributed by atoms with E-state index in [0.717, 1.165) is 28.2 Å². The lowest BCUT2D eigenvalue weighted by atomic mass is 10.1. The van der Waals surface area contributed by atoms with E-state index in [9.17, 15) is 14.0 Å². The number of hydrogen-bond acceptors (Lipinski definition) is 3. The number of rotatable bonds is 4. The molecule has 1 aromatic heterocycles. The van der Waals surface area contributed by atoms with Crippen molar-refractivity contribution in [3.8, 4) is 16.9 Å². The third-order valence-electron chi connectivity index (χ3n) is 6.00. The van der Waals surface area contributed by atoms with Gasteiger partial charge in [-0.25, -0.2) is 9.18 Å². The van der Waals surface area contributed by atoms with Gasteiger partial charge in [-0.05, 0) is 68.8 Å². The van der Waals surface area contributed by atoms with Gasteiger partial charge < -0.3 is 19.1 Å². The molecule has 2 heterocycles. The van der Waals surface area contributed by atoms with Crippen molar-refractivity contribution in [3.63, 3.8) is 0 Å². The lowest BCUT2D eigenvalue weighted by Gasteiger charge is -2.34. The maximum atomic E-state index is 13.6. The smallest absolute Gasteiger partial charge is 0.409 e. The van der Waals surface area contributed by atoms with Gasteiger partial charge in [0.1, 0.15) is 5.82 Å². The van der Waals surface area contributed by atoms with Crippen molar-refractivity contribution < 1.29 is 18.7 Å². The summed E-state index contributed by atoms with van der Waals surface area (Å²) in [5, 5.41) is 0. The van der Waals surface area contributed by atoms with E-state index in [-0.39, 0.29) is 17.8 Å². The molecule has 1 saturated heterocycles. The Hall–Kier alpha value is -3.61. The first kappa shape index (κ1) is 22.6. The molecule has 3 aromatic rings. The van der Waals surface area contributed by atoms with Gasteiger partial charge in [0.25, 0.3) is 5.91 Å². The number of carbonyl (C=O) groups excluding carboxylic acids is 2. The van der Waals surface area contributed by atoms with Crippen LogP contribution in [0.2, 0.25) is 0 Å². The van der Waals surface area contributed by atoms with Gasteiger partial charge >= 0.3 is 6.09 Å². The van der Waals surface area contributed by atoms with Crippen molar-refractivity contribution >= 4 is 12.0 Å². The largest absolute Gasteiger partial charge is 0.450 e. The SMILES string of the molecule is CCOC(=O)N1CCN(C(=O)c2cc(-c3ccc(F)cc3)n(-c3ccc(C)cc3)c2C)CC1. The van der Waals surface area contributed by atoms with Crippen LogP contribution < -0.4 is 0 Å².